The third-order valence-electron chi connectivity index (χ3n) is 3.16. The molecule has 0 saturated carbocycles. The van der Waals surface area contributed by atoms with Gasteiger partial charge in [-0.1, -0.05) is 13.8 Å². The molecule has 0 spiro atoms. The summed E-state index contributed by atoms with van der Waals surface area (Å²) in [4.78, 5) is 9.87. The molecule has 0 N–H and O–H groups in total. The molecular weight excluding hydrogens is 256 g/mol. The lowest BCUT2D eigenvalue weighted by Crippen LogP contribution is -2.24. The van der Waals surface area contributed by atoms with Crippen LogP contribution in [0.4, 0.5) is 0 Å². The highest BCUT2D eigenvalue weighted by Crippen LogP contribution is 2.23. The van der Waals surface area contributed by atoms with Gasteiger partial charge in [-0.15, -0.1) is 0 Å². The zero-order chi connectivity index (χ0) is 14.5. The van der Waals surface area contributed by atoms with Crippen LogP contribution in [0.15, 0.2) is 27.2 Å². The molecule has 0 bridgehead atoms. The van der Waals surface area contributed by atoms with Gasteiger partial charge in [-0.05, 0) is 31.4 Å². The Balaban J connectivity index is 2.05. The Hall–Kier alpha value is -1.59. The summed E-state index contributed by atoms with van der Waals surface area (Å²) >= 11 is 0. The number of aryl methyl sites for hydroxylation is 1. The Morgan fingerprint density at radius 1 is 1.40 bits per heavy atom. The van der Waals surface area contributed by atoms with Crippen molar-refractivity contribution >= 4 is 0 Å². The molecule has 0 aliphatic carbocycles. The molecule has 2 aromatic heterocycles. The van der Waals surface area contributed by atoms with E-state index in [0.717, 1.165) is 24.4 Å². The number of nitrogens with zero attached hydrogens (tertiary/aromatic N) is 2. The molecule has 0 radical (unpaired) electrons. The van der Waals surface area contributed by atoms with Gasteiger partial charge in [0.15, 0.2) is 5.76 Å². The fraction of sp³-hybridized carbons (Fsp3) is 0.533. The van der Waals surface area contributed by atoms with Crippen molar-refractivity contribution < 1.29 is 13.7 Å². The van der Waals surface area contributed by atoms with E-state index in [9.17, 15) is 0 Å². The molecule has 2 rings (SSSR count). The van der Waals surface area contributed by atoms with Gasteiger partial charge >= 0.3 is 0 Å². The third kappa shape index (κ3) is 3.71. The third-order valence-corrected chi connectivity index (χ3v) is 3.16. The predicted molar refractivity (Wildman–Crippen MR) is 75.8 cm³/mol. The number of aromatic nitrogens is 1. The van der Waals surface area contributed by atoms with Crippen molar-refractivity contribution in [3.8, 4) is 11.7 Å². The van der Waals surface area contributed by atoms with E-state index in [1.165, 1.54) is 0 Å². The van der Waals surface area contributed by atoms with Crippen molar-refractivity contribution in [1.29, 1.82) is 0 Å². The van der Waals surface area contributed by atoms with E-state index in [2.05, 4.69) is 18.8 Å². The highest BCUT2D eigenvalue weighted by atomic mass is 16.7. The summed E-state index contributed by atoms with van der Waals surface area (Å²) in [6, 6.07) is 3.65. The molecule has 0 fully saturated rings. The monoisotopic (exact) mass is 278 g/mol. The van der Waals surface area contributed by atoms with E-state index in [0.29, 0.717) is 24.1 Å². The summed E-state index contributed by atoms with van der Waals surface area (Å²) in [5, 5.41) is 1.90. The second-order valence-corrected chi connectivity index (χ2v) is 5.23. The van der Waals surface area contributed by atoms with Crippen LogP contribution in [-0.2, 0) is 11.4 Å². The number of oxazole rings is 1. The maximum Gasteiger partial charge on any atom is 0.263 e. The van der Waals surface area contributed by atoms with Crippen molar-refractivity contribution in [2.24, 2.45) is 5.92 Å². The van der Waals surface area contributed by atoms with Gasteiger partial charge in [-0.2, -0.15) is 5.06 Å². The molecule has 20 heavy (non-hydrogen) atoms. The summed E-state index contributed by atoms with van der Waals surface area (Å²) in [5.41, 5.74) is 0.877. The van der Waals surface area contributed by atoms with E-state index < -0.39 is 0 Å². The topological polar surface area (TPSA) is 51.6 Å². The lowest BCUT2D eigenvalue weighted by Gasteiger charge is -2.19. The molecule has 0 saturated heterocycles. The van der Waals surface area contributed by atoms with Gasteiger partial charge in [-0.3, -0.25) is 0 Å². The minimum atomic E-state index is 0.516. The predicted octanol–water partition coefficient (Wildman–Crippen LogP) is 3.65. The second-order valence-electron chi connectivity index (χ2n) is 5.23. The molecule has 0 aliphatic heterocycles. The van der Waals surface area contributed by atoms with Gasteiger partial charge in [0.05, 0.1) is 25.6 Å². The average Bonchev–Trinajstić information content (AvgIpc) is 3.04. The Bertz CT molecular complexity index is 517. The normalized spacial score (nSPS) is 11.7. The summed E-state index contributed by atoms with van der Waals surface area (Å²) in [6.45, 7) is 7.79. The van der Waals surface area contributed by atoms with Gasteiger partial charge < -0.3 is 13.7 Å². The Morgan fingerprint density at radius 2 is 2.20 bits per heavy atom. The maximum absolute atomic E-state index is 5.64. The standard InChI is InChI=1S/C15H22N2O3/c1-11(2)7-8-17(18-4)10-13-12(3)20-15(16-13)14-6-5-9-19-14/h5-6,9,11H,7-8,10H2,1-4H3. The molecule has 2 heterocycles. The van der Waals surface area contributed by atoms with Gasteiger partial charge in [0.25, 0.3) is 5.89 Å². The average molecular weight is 278 g/mol. The van der Waals surface area contributed by atoms with Gasteiger partial charge in [-0.25, -0.2) is 4.98 Å². The minimum Gasteiger partial charge on any atom is -0.459 e. The van der Waals surface area contributed by atoms with E-state index in [1.807, 2.05) is 24.1 Å². The molecule has 0 amide bonds. The van der Waals surface area contributed by atoms with Crippen LogP contribution >= 0.6 is 0 Å². The maximum atomic E-state index is 5.64. The number of hydrogen-bond acceptors (Lipinski definition) is 5. The highest BCUT2D eigenvalue weighted by Gasteiger charge is 2.16. The van der Waals surface area contributed by atoms with Crippen LogP contribution in [0, 0.1) is 12.8 Å². The molecule has 0 aliphatic rings. The molecular formula is C15H22N2O3. The molecule has 5 nitrogen and oxygen atoms in total. The van der Waals surface area contributed by atoms with Gasteiger partial charge in [0.2, 0.25) is 0 Å². The first-order valence-electron chi connectivity index (χ1n) is 6.89. The van der Waals surface area contributed by atoms with Crippen molar-refractivity contribution in [1.82, 2.24) is 10.0 Å². The van der Waals surface area contributed by atoms with Crippen molar-refractivity contribution in [2.75, 3.05) is 13.7 Å². The molecule has 2 aromatic rings. The fourth-order valence-electron chi connectivity index (χ4n) is 1.88. The first-order chi connectivity index (χ1) is 9.60. The van der Waals surface area contributed by atoms with Crippen LogP contribution in [0.25, 0.3) is 11.7 Å². The minimum absolute atomic E-state index is 0.516. The van der Waals surface area contributed by atoms with Crippen LogP contribution < -0.4 is 0 Å². The molecule has 0 atom stereocenters. The first kappa shape index (κ1) is 14.8. The van der Waals surface area contributed by atoms with E-state index in [4.69, 9.17) is 13.7 Å². The van der Waals surface area contributed by atoms with Crippen LogP contribution in [0.1, 0.15) is 31.7 Å². The number of furan rings is 1. The van der Waals surface area contributed by atoms with Crippen molar-refractivity contribution in [3.63, 3.8) is 0 Å². The van der Waals surface area contributed by atoms with Crippen LogP contribution in [0.5, 0.6) is 0 Å². The summed E-state index contributed by atoms with van der Waals surface area (Å²) < 4.78 is 10.9. The summed E-state index contributed by atoms with van der Waals surface area (Å²) in [5.74, 6) is 2.60. The van der Waals surface area contributed by atoms with Crippen molar-refractivity contribution in [2.45, 2.75) is 33.7 Å². The van der Waals surface area contributed by atoms with Crippen molar-refractivity contribution in [3.05, 3.63) is 29.9 Å². The molecule has 0 aromatic carbocycles. The number of hydroxylamine groups is 2. The SMILES string of the molecule is CON(CCC(C)C)Cc1nc(-c2ccco2)oc1C. The quantitative estimate of drug-likeness (QED) is 0.723. The van der Waals surface area contributed by atoms with E-state index in [1.54, 1.807) is 13.4 Å². The molecule has 5 heteroatoms. The smallest absolute Gasteiger partial charge is 0.263 e. The largest absolute Gasteiger partial charge is 0.459 e. The van der Waals surface area contributed by atoms with E-state index in [-0.39, 0.29) is 0 Å². The van der Waals surface area contributed by atoms with Crippen LogP contribution in [-0.4, -0.2) is 23.7 Å². The highest BCUT2D eigenvalue weighted by molar-refractivity contribution is 5.44. The molecule has 110 valence electrons. The van der Waals surface area contributed by atoms with Crippen LogP contribution in [0.3, 0.4) is 0 Å². The number of rotatable bonds is 7. The lowest BCUT2D eigenvalue weighted by atomic mass is 10.1. The second kappa shape index (κ2) is 6.72. The Labute approximate surface area is 119 Å². The van der Waals surface area contributed by atoms with Gasteiger partial charge in [0.1, 0.15) is 5.76 Å². The lowest BCUT2D eigenvalue weighted by molar-refractivity contribution is -0.141. The summed E-state index contributed by atoms with van der Waals surface area (Å²) in [7, 11) is 1.68. The zero-order valence-corrected chi connectivity index (χ0v) is 12.5. The fourth-order valence-corrected chi connectivity index (χ4v) is 1.88. The molecule has 0 unspecified atom stereocenters. The number of hydrogen-bond donors (Lipinski definition) is 0. The zero-order valence-electron chi connectivity index (χ0n) is 12.5. The van der Waals surface area contributed by atoms with Gasteiger partial charge in [0, 0.05) is 6.54 Å². The Kier molecular flexibility index (Phi) is 4.98. The summed E-state index contributed by atoms with van der Waals surface area (Å²) in [6.07, 6.45) is 2.69. The Morgan fingerprint density at radius 3 is 2.80 bits per heavy atom. The van der Waals surface area contributed by atoms with Crippen LogP contribution in [0.2, 0.25) is 0 Å². The van der Waals surface area contributed by atoms with E-state index >= 15 is 0 Å². The first-order valence-corrected chi connectivity index (χ1v) is 6.89.